The molecule has 1 amide bonds. The van der Waals surface area contributed by atoms with Crippen LogP contribution < -0.4 is 5.32 Å². The van der Waals surface area contributed by atoms with E-state index in [0.717, 1.165) is 24.1 Å². The van der Waals surface area contributed by atoms with Crippen molar-refractivity contribution in [2.75, 3.05) is 6.54 Å². The summed E-state index contributed by atoms with van der Waals surface area (Å²) in [5, 5.41) is 3.02. The third kappa shape index (κ3) is 3.92. The van der Waals surface area contributed by atoms with Gasteiger partial charge in [-0.1, -0.05) is 54.6 Å². The Labute approximate surface area is 170 Å². The summed E-state index contributed by atoms with van der Waals surface area (Å²) in [6, 6.07) is 24.8. The fourth-order valence-electron chi connectivity index (χ4n) is 3.62. The maximum atomic E-state index is 12.3. The molecule has 4 heteroatoms. The Balaban J connectivity index is 1.32. The van der Waals surface area contributed by atoms with Crippen LogP contribution >= 0.6 is 0 Å². The highest BCUT2D eigenvalue weighted by Gasteiger charge is 2.22. The van der Waals surface area contributed by atoms with Gasteiger partial charge in [0.2, 0.25) is 0 Å². The fraction of sp³-hybridized carbons (Fsp3) is 0.200. The van der Waals surface area contributed by atoms with E-state index >= 15 is 0 Å². The van der Waals surface area contributed by atoms with Gasteiger partial charge in [-0.15, -0.1) is 0 Å². The molecule has 0 unspecified atom stereocenters. The lowest BCUT2D eigenvalue weighted by molar-refractivity contribution is 0.0952. The van der Waals surface area contributed by atoms with E-state index in [1.54, 1.807) is 0 Å². The molecule has 144 valence electrons. The van der Waals surface area contributed by atoms with E-state index in [2.05, 4.69) is 63.4 Å². The molecule has 0 atom stereocenters. The Kier molecular flexibility index (Phi) is 4.60. The number of imidazole rings is 1. The minimum absolute atomic E-state index is 0.00940. The third-order valence-electron chi connectivity index (χ3n) is 5.55. The SMILES string of the molecule is O=C(NCC1CC1)c1ccc2c(c1)ncn2Cc1ccc(-c2ccccc2)cc1. The Hall–Kier alpha value is -3.40. The normalized spacial score (nSPS) is 13.5. The van der Waals surface area contributed by atoms with Crippen molar-refractivity contribution in [2.24, 2.45) is 5.92 Å². The first-order chi connectivity index (χ1) is 14.3. The van der Waals surface area contributed by atoms with Gasteiger partial charge in [0.1, 0.15) is 0 Å². The molecule has 0 aliphatic heterocycles. The molecule has 1 aromatic heterocycles. The Morgan fingerprint density at radius 2 is 1.72 bits per heavy atom. The first-order valence-electron chi connectivity index (χ1n) is 10.1. The summed E-state index contributed by atoms with van der Waals surface area (Å²) < 4.78 is 2.12. The van der Waals surface area contributed by atoms with Crippen molar-refractivity contribution in [3.8, 4) is 11.1 Å². The van der Waals surface area contributed by atoms with Crippen molar-refractivity contribution in [3.05, 3.63) is 90.3 Å². The largest absolute Gasteiger partial charge is 0.352 e. The lowest BCUT2D eigenvalue weighted by Gasteiger charge is -2.08. The van der Waals surface area contributed by atoms with Gasteiger partial charge in [0.25, 0.3) is 5.91 Å². The number of hydrogen-bond acceptors (Lipinski definition) is 2. The van der Waals surface area contributed by atoms with E-state index in [1.807, 2.05) is 30.6 Å². The minimum Gasteiger partial charge on any atom is -0.352 e. The first kappa shape index (κ1) is 17.7. The number of amides is 1. The van der Waals surface area contributed by atoms with E-state index in [0.29, 0.717) is 11.5 Å². The highest BCUT2D eigenvalue weighted by Crippen LogP contribution is 2.27. The number of nitrogens with one attached hydrogen (secondary N) is 1. The predicted molar refractivity (Wildman–Crippen MR) is 116 cm³/mol. The van der Waals surface area contributed by atoms with E-state index in [1.165, 1.54) is 29.5 Å². The zero-order chi connectivity index (χ0) is 19.6. The van der Waals surface area contributed by atoms with Crippen LogP contribution in [0.1, 0.15) is 28.8 Å². The average Bonchev–Trinajstić information content (AvgIpc) is 3.53. The molecule has 5 rings (SSSR count). The summed E-state index contributed by atoms with van der Waals surface area (Å²) in [5.41, 5.74) is 6.22. The van der Waals surface area contributed by atoms with E-state index in [9.17, 15) is 4.79 Å². The first-order valence-corrected chi connectivity index (χ1v) is 10.1. The molecule has 3 aromatic carbocycles. The van der Waals surface area contributed by atoms with Gasteiger partial charge in [0.15, 0.2) is 0 Å². The van der Waals surface area contributed by atoms with Gasteiger partial charge in [-0.2, -0.15) is 0 Å². The number of hydrogen-bond donors (Lipinski definition) is 1. The number of nitrogens with zero attached hydrogens (tertiary/aromatic N) is 2. The summed E-state index contributed by atoms with van der Waals surface area (Å²) in [5.74, 6) is 0.667. The molecule has 1 saturated carbocycles. The number of benzene rings is 3. The molecule has 0 saturated heterocycles. The maximum absolute atomic E-state index is 12.3. The Morgan fingerprint density at radius 3 is 2.48 bits per heavy atom. The molecule has 4 aromatic rings. The average molecular weight is 381 g/mol. The van der Waals surface area contributed by atoms with Gasteiger partial charge in [0.05, 0.1) is 17.4 Å². The molecule has 1 N–H and O–H groups in total. The van der Waals surface area contributed by atoms with Crippen LogP contribution in [0.4, 0.5) is 0 Å². The van der Waals surface area contributed by atoms with Gasteiger partial charge in [-0.05, 0) is 53.6 Å². The molecule has 1 heterocycles. The monoisotopic (exact) mass is 381 g/mol. The van der Waals surface area contributed by atoms with Crippen LogP contribution in [0.2, 0.25) is 0 Å². The van der Waals surface area contributed by atoms with E-state index < -0.39 is 0 Å². The van der Waals surface area contributed by atoms with Crippen molar-refractivity contribution in [2.45, 2.75) is 19.4 Å². The molecule has 1 aliphatic carbocycles. The van der Waals surface area contributed by atoms with Gasteiger partial charge in [-0.3, -0.25) is 4.79 Å². The van der Waals surface area contributed by atoms with E-state index in [4.69, 9.17) is 0 Å². The number of carbonyl (C=O) groups is 1. The summed E-state index contributed by atoms with van der Waals surface area (Å²) in [6.07, 6.45) is 4.31. The van der Waals surface area contributed by atoms with Crippen molar-refractivity contribution >= 4 is 16.9 Å². The predicted octanol–water partition coefficient (Wildman–Crippen LogP) is 4.89. The van der Waals surface area contributed by atoms with Crippen molar-refractivity contribution in [1.82, 2.24) is 14.9 Å². The number of aromatic nitrogens is 2. The van der Waals surface area contributed by atoms with Gasteiger partial charge < -0.3 is 9.88 Å². The molecule has 0 radical (unpaired) electrons. The smallest absolute Gasteiger partial charge is 0.251 e. The topological polar surface area (TPSA) is 46.9 Å². The molecule has 1 fully saturated rings. The fourth-order valence-corrected chi connectivity index (χ4v) is 3.62. The second-order valence-corrected chi connectivity index (χ2v) is 7.79. The zero-order valence-electron chi connectivity index (χ0n) is 16.2. The molecule has 4 nitrogen and oxygen atoms in total. The van der Waals surface area contributed by atoms with E-state index in [-0.39, 0.29) is 5.91 Å². The third-order valence-corrected chi connectivity index (χ3v) is 5.55. The molecular formula is C25H23N3O. The van der Waals surface area contributed by atoms with Gasteiger partial charge in [-0.25, -0.2) is 4.98 Å². The number of carbonyl (C=O) groups excluding carboxylic acids is 1. The summed E-state index contributed by atoms with van der Waals surface area (Å²) in [7, 11) is 0. The van der Waals surface area contributed by atoms with Gasteiger partial charge in [0, 0.05) is 18.7 Å². The van der Waals surface area contributed by atoms with Crippen LogP contribution in [-0.4, -0.2) is 22.0 Å². The standard InChI is InChI=1S/C25H23N3O/c29-25(26-15-18-6-7-18)22-12-13-24-23(14-22)27-17-28(24)16-19-8-10-21(11-9-19)20-4-2-1-3-5-20/h1-5,8-14,17-18H,6-7,15-16H2,(H,26,29). The molecule has 29 heavy (non-hydrogen) atoms. The van der Waals surface area contributed by atoms with Gasteiger partial charge >= 0.3 is 0 Å². The van der Waals surface area contributed by atoms with Crippen molar-refractivity contribution in [3.63, 3.8) is 0 Å². The zero-order valence-corrected chi connectivity index (χ0v) is 16.2. The summed E-state index contributed by atoms with van der Waals surface area (Å²) in [4.78, 5) is 16.8. The van der Waals surface area contributed by atoms with Crippen LogP contribution in [0.15, 0.2) is 79.1 Å². The maximum Gasteiger partial charge on any atom is 0.251 e. The Bertz CT molecular complexity index is 1140. The summed E-state index contributed by atoms with van der Waals surface area (Å²) >= 11 is 0. The lowest BCUT2D eigenvalue weighted by Crippen LogP contribution is -2.25. The molecule has 0 spiro atoms. The van der Waals surface area contributed by atoms with Crippen LogP contribution in [0.25, 0.3) is 22.2 Å². The Morgan fingerprint density at radius 1 is 0.966 bits per heavy atom. The summed E-state index contributed by atoms with van der Waals surface area (Å²) in [6.45, 7) is 1.53. The lowest BCUT2D eigenvalue weighted by atomic mass is 10.0. The minimum atomic E-state index is -0.00940. The molecule has 1 aliphatic rings. The second-order valence-electron chi connectivity index (χ2n) is 7.79. The quantitative estimate of drug-likeness (QED) is 0.517. The van der Waals surface area contributed by atoms with Crippen LogP contribution in [-0.2, 0) is 6.54 Å². The highest BCUT2D eigenvalue weighted by molar-refractivity contribution is 5.97. The van der Waals surface area contributed by atoms with Crippen LogP contribution in [0, 0.1) is 5.92 Å². The second kappa shape index (κ2) is 7.55. The molecule has 0 bridgehead atoms. The van der Waals surface area contributed by atoms with Crippen LogP contribution in [0.5, 0.6) is 0 Å². The van der Waals surface area contributed by atoms with Crippen molar-refractivity contribution in [1.29, 1.82) is 0 Å². The number of fused-ring (bicyclic) bond motifs is 1. The highest BCUT2D eigenvalue weighted by atomic mass is 16.1. The van der Waals surface area contributed by atoms with Crippen LogP contribution in [0.3, 0.4) is 0 Å². The number of rotatable bonds is 6. The van der Waals surface area contributed by atoms with Crippen molar-refractivity contribution < 1.29 is 4.79 Å². The molecular weight excluding hydrogens is 358 g/mol.